The standard InChI is InChI=1S/C25H26BrN5O3/c1-15-8-6-7-9-22(15)31-16(2)10-19(17(31)3)12-28-29-23(32)13-30-18(4)24(26)21(14-34-5)20(11-27)25(30)33/h6-10,12H,13-14H2,1-5H3,(H,29,32)/b28-12+. The molecule has 0 aliphatic carbocycles. The van der Waals surface area contributed by atoms with Crippen LogP contribution >= 0.6 is 15.9 Å². The number of pyridine rings is 1. The van der Waals surface area contributed by atoms with E-state index < -0.39 is 11.5 Å². The number of hydrogen-bond acceptors (Lipinski definition) is 5. The molecule has 0 aliphatic rings. The molecule has 2 aromatic heterocycles. The molecule has 1 amide bonds. The third-order valence-corrected chi connectivity index (χ3v) is 6.72. The molecule has 0 unspecified atom stereocenters. The summed E-state index contributed by atoms with van der Waals surface area (Å²) >= 11 is 3.42. The first-order valence-electron chi connectivity index (χ1n) is 10.6. The molecule has 2 heterocycles. The van der Waals surface area contributed by atoms with Crippen LogP contribution in [0.4, 0.5) is 0 Å². The van der Waals surface area contributed by atoms with Crippen LogP contribution in [0.3, 0.4) is 0 Å². The maximum Gasteiger partial charge on any atom is 0.269 e. The lowest BCUT2D eigenvalue weighted by Gasteiger charge is -2.15. The molecule has 34 heavy (non-hydrogen) atoms. The normalized spacial score (nSPS) is 11.1. The third-order valence-electron chi connectivity index (χ3n) is 5.67. The van der Waals surface area contributed by atoms with Gasteiger partial charge in [0, 0.05) is 45.5 Å². The van der Waals surface area contributed by atoms with Crippen molar-refractivity contribution in [2.75, 3.05) is 7.11 Å². The lowest BCUT2D eigenvalue weighted by Crippen LogP contribution is -2.33. The average molecular weight is 524 g/mol. The van der Waals surface area contributed by atoms with E-state index in [0.717, 1.165) is 28.2 Å². The van der Waals surface area contributed by atoms with Crippen molar-refractivity contribution in [1.29, 1.82) is 5.26 Å². The molecule has 0 atom stereocenters. The average Bonchev–Trinajstić information content (AvgIpc) is 3.08. The Morgan fingerprint density at radius 1 is 1.24 bits per heavy atom. The van der Waals surface area contributed by atoms with Crippen molar-refractivity contribution >= 4 is 28.1 Å². The van der Waals surface area contributed by atoms with Gasteiger partial charge < -0.3 is 13.9 Å². The van der Waals surface area contributed by atoms with Crippen molar-refractivity contribution in [3.8, 4) is 11.8 Å². The maximum atomic E-state index is 12.8. The second-order valence-corrected chi connectivity index (χ2v) is 8.72. The summed E-state index contributed by atoms with van der Waals surface area (Å²) in [6.07, 6.45) is 1.59. The Labute approximate surface area is 206 Å². The van der Waals surface area contributed by atoms with Gasteiger partial charge in [0.05, 0.1) is 12.8 Å². The predicted molar refractivity (Wildman–Crippen MR) is 134 cm³/mol. The predicted octanol–water partition coefficient (Wildman–Crippen LogP) is 3.80. The third kappa shape index (κ3) is 4.88. The molecular weight excluding hydrogens is 498 g/mol. The van der Waals surface area contributed by atoms with Crippen molar-refractivity contribution in [1.82, 2.24) is 14.6 Å². The largest absolute Gasteiger partial charge is 0.380 e. The highest BCUT2D eigenvalue weighted by atomic mass is 79.9. The van der Waals surface area contributed by atoms with Crippen LogP contribution in [0.15, 0.2) is 44.7 Å². The molecule has 9 heteroatoms. The Balaban J connectivity index is 1.81. The molecule has 0 fully saturated rings. The summed E-state index contributed by atoms with van der Waals surface area (Å²) in [5.41, 5.74) is 8.02. The number of amides is 1. The van der Waals surface area contributed by atoms with Gasteiger partial charge in [0.15, 0.2) is 0 Å². The number of halogens is 1. The zero-order valence-corrected chi connectivity index (χ0v) is 21.4. The number of methoxy groups -OCH3 is 1. The van der Waals surface area contributed by atoms with Gasteiger partial charge in [0.1, 0.15) is 18.2 Å². The van der Waals surface area contributed by atoms with Gasteiger partial charge in [-0.1, -0.05) is 18.2 Å². The van der Waals surface area contributed by atoms with Gasteiger partial charge in [-0.3, -0.25) is 9.59 Å². The Kier molecular flexibility index (Phi) is 7.87. The summed E-state index contributed by atoms with van der Waals surface area (Å²) < 4.78 is 9.05. The second kappa shape index (κ2) is 10.6. The van der Waals surface area contributed by atoms with Crippen LogP contribution in [0, 0.1) is 39.0 Å². The van der Waals surface area contributed by atoms with E-state index in [1.54, 1.807) is 13.1 Å². The minimum Gasteiger partial charge on any atom is -0.380 e. The lowest BCUT2D eigenvalue weighted by molar-refractivity contribution is -0.121. The van der Waals surface area contributed by atoms with E-state index in [2.05, 4.69) is 50.1 Å². The molecule has 0 radical (unpaired) electrons. The Morgan fingerprint density at radius 2 is 1.94 bits per heavy atom. The Morgan fingerprint density at radius 3 is 2.59 bits per heavy atom. The van der Waals surface area contributed by atoms with Crippen LogP contribution in [0.2, 0.25) is 0 Å². The van der Waals surface area contributed by atoms with Crippen molar-refractivity contribution in [3.05, 3.63) is 84.5 Å². The van der Waals surface area contributed by atoms with Crippen LogP contribution < -0.4 is 11.0 Å². The number of nitrogens with zero attached hydrogens (tertiary/aromatic N) is 4. The molecule has 3 rings (SSSR count). The highest BCUT2D eigenvalue weighted by molar-refractivity contribution is 9.10. The van der Waals surface area contributed by atoms with Gasteiger partial charge in [-0.2, -0.15) is 10.4 Å². The fourth-order valence-corrected chi connectivity index (χ4v) is 4.43. The smallest absolute Gasteiger partial charge is 0.269 e. The molecule has 0 saturated heterocycles. The number of benzene rings is 1. The van der Waals surface area contributed by atoms with Gasteiger partial charge in [0.2, 0.25) is 0 Å². The first-order valence-corrected chi connectivity index (χ1v) is 11.4. The zero-order valence-electron chi connectivity index (χ0n) is 19.8. The van der Waals surface area contributed by atoms with Gasteiger partial charge >= 0.3 is 0 Å². The summed E-state index contributed by atoms with van der Waals surface area (Å²) in [4.78, 5) is 25.3. The molecule has 0 saturated carbocycles. The fraction of sp³-hybridized carbons (Fsp3) is 0.280. The summed E-state index contributed by atoms with van der Waals surface area (Å²) in [7, 11) is 1.48. The Hall–Kier alpha value is -3.48. The van der Waals surface area contributed by atoms with Crippen molar-refractivity contribution in [2.24, 2.45) is 5.10 Å². The number of rotatable bonds is 7. The van der Waals surface area contributed by atoms with E-state index >= 15 is 0 Å². The number of aromatic nitrogens is 2. The van der Waals surface area contributed by atoms with Crippen molar-refractivity contribution in [3.63, 3.8) is 0 Å². The van der Waals surface area contributed by atoms with E-state index in [1.807, 2.05) is 38.1 Å². The van der Waals surface area contributed by atoms with Crippen molar-refractivity contribution < 1.29 is 9.53 Å². The molecule has 176 valence electrons. The first kappa shape index (κ1) is 25.1. The summed E-state index contributed by atoms with van der Waals surface area (Å²) in [5.74, 6) is -0.482. The minimum atomic E-state index is -0.545. The van der Waals surface area contributed by atoms with E-state index in [9.17, 15) is 14.9 Å². The van der Waals surface area contributed by atoms with E-state index in [0.29, 0.717) is 15.7 Å². The Bertz CT molecular complexity index is 1380. The van der Waals surface area contributed by atoms with E-state index in [-0.39, 0.29) is 18.7 Å². The summed E-state index contributed by atoms with van der Waals surface area (Å²) in [6, 6.07) is 12.0. The molecular formula is C25H26BrN5O3. The number of nitriles is 1. The number of hydrogen-bond donors (Lipinski definition) is 1. The molecule has 0 aliphatic heterocycles. The molecule has 0 spiro atoms. The zero-order chi connectivity index (χ0) is 25.0. The van der Waals surface area contributed by atoms with Gasteiger partial charge in [-0.25, -0.2) is 5.43 Å². The van der Waals surface area contributed by atoms with Crippen LogP contribution in [0.1, 0.15) is 39.3 Å². The number of nitrogens with one attached hydrogen (secondary N) is 1. The maximum absolute atomic E-state index is 12.8. The van der Waals surface area contributed by atoms with Crippen LogP contribution in [-0.2, 0) is 22.7 Å². The molecule has 1 aromatic carbocycles. The van der Waals surface area contributed by atoms with Crippen LogP contribution in [-0.4, -0.2) is 28.4 Å². The summed E-state index contributed by atoms with van der Waals surface area (Å²) in [6.45, 7) is 7.60. The van der Waals surface area contributed by atoms with Gasteiger partial charge in [-0.15, -0.1) is 0 Å². The first-order chi connectivity index (χ1) is 16.2. The molecule has 8 nitrogen and oxygen atoms in total. The highest BCUT2D eigenvalue weighted by Crippen LogP contribution is 2.24. The minimum absolute atomic E-state index is 0.0562. The molecule has 0 bridgehead atoms. The number of ether oxygens (including phenoxy) is 1. The number of aryl methyl sites for hydroxylation is 2. The number of carbonyl (C=O) groups excluding carboxylic acids is 1. The number of hydrazone groups is 1. The van der Waals surface area contributed by atoms with Gasteiger partial charge in [-0.05, 0) is 61.3 Å². The topological polar surface area (TPSA) is 101 Å². The molecule has 3 aromatic rings. The molecule has 1 N–H and O–H groups in total. The summed E-state index contributed by atoms with van der Waals surface area (Å²) in [5, 5.41) is 13.5. The highest BCUT2D eigenvalue weighted by Gasteiger charge is 2.19. The monoisotopic (exact) mass is 523 g/mol. The van der Waals surface area contributed by atoms with Crippen LogP contribution in [0.5, 0.6) is 0 Å². The second-order valence-electron chi connectivity index (χ2n) is 7.93. The lowest BCUT2D eigenvalue weighted by atomic mass is 10.1. The fourth-order valence-electron chi connectivity index (χ4n) is 3.90. The SMILES string of the molecule is COCc1c(Br)c(C)n(CC(=O)N/N=C/c2cc(C)n(-c3ccccc3C)c2C)c(=O)c1C#N. The number of carbonyl (C=O) groups is 1. The number of para-hydroxylation sites is 1. The van der Waals surface area contributed by atoms with Gasteiger partial charge in [0.25, 0.3) is 11.5 Å². The van der Waals surface area contributed by atoms with E-state index in [4.69, 9.17) is 4.74 Å². The van der Waals surface area contributed by atoms with Crippen LogP contribution in [0.25, 0.3) is 5.69 Å². The quantitative estimate of drug-likeness (QED) is 0.375. The van der Waals surface area contributed by atoms with E-state index in [1.165, 1.54) is 11.7 Å². The van der Waals surface area contributed by atoms with Crippen molar-refractivity contribution in [2.45, 2.75) is 40.8 Å².